The zero-order valence-electron chi connectivity index (χ0n) is 18.1. The van der Waals surface area contributed by atoms with Gasteiger partial charge in [0, 0.05) is 13.2 Å². The van der Waals surface area contributed by atoms with Crippen LogP contribution in [0, 0.1) is 17.1 Å². The summed E-state index contributed by atoms with van der Waals surface area (Å²) in [6.07, 6.45) is -3.63. The molecule has 1 aliphatic rings. The highest BCUT2D eigenvalue weighted by Crippen LogP contribution is 2.35. The van der Waals surface area contributed by atoms with Crippen LogP contribution in [-0.2, 0) is 15.5 Å². The van der Waals surface area contributed by atoms with Gasteiger partial charge in [0.2, 0.25) is 5.96 Å². The summed E-state index contributed by atoms with van der Waals surface area (Å²) >= 11 is 5.98. The second-order valence-electron chi connectivity index (χ2n) is 7.48. The van der Waals surface area contributed by atoms with E-state index in [1.54, 1.807) is 0 Å². The largest absolute Gasteiger partial charge is 0.407 e. The Morgan fingerprint density at radius 3 is 2.71 bits per heavy atom. The average molecular weight is 533 g/mol. The smallest absolute Gasteiger partial charge is 0.369 e. The molecule has 0 spiro atoms. The van der Waals surface area contributed by atoms with Crippen molar-refractivity contribution in [1.29, 1.82) is 5.26 Å². The van der Waals surface area contributed by atoms with Gasteiger partial charge in [-0.1, -0.05) is 11.6 Å². The van der Waals surface area contributed by atoms with E-state index in [0.717, 1.165) is 25.4 Å². The first kappa shape index (κ1) is 26.1. The molecule has 0 fully saturated rings. The van der Waals surface area contributed by atoms with Gasteiger partial charge in [0.15, 0.2) is 0 Å². The van der Waals surface area contributed by atoms with Crippen LogP contribution in [0.2, 0.25) is 5.02 Å². The summed E-state index contributed by atoms with van der Waals surface area (Å²) in [4.78, 5) is 24.4. The number of carbonyl (C=O) groups is 1. The Morgan fingerprint density at radius 1 is 1.46 bits per heavy atom. The van der Waals surface area contributed by atoms with Crippen LogP contribution in [0.5, 0.6) is 0 Å². The number of nitriles is 1. The number of hydrogen-bond acceptors (Lipinski definition) is 8. The van der Waals surface area contributed by atoms with Crippen molar-refractivity contribution in [2.45, 2.75) is 18.6 Å². The number of nitrogens with two attached hydrogens (primary N) is 1. The summed E-state index contributed by atoms with van der Waals surface area (Å²) in [5, 5.41) is 11.1. The van der Waals surface area contributed by atoms with Crippen LogP contribution in [0.4, 0.5) is 23.4 Å². The first-order valence-corrected chi connectivity index (χ1v) is 11.6. The van der Waals surface area contributed by atoms with Gasteiger partial charge < -0.3 is 11.1 Å². The normalized spacial score (nSPS) is 22.2. The molecular weight excluding hydrogens is 516 g/mol. The van der Waals surface area contributed by atoms with E-state index in [9.17, 15) is 26.6 Å². The molecule has 0 saturated carbocycles. The third kappa shape index (κ3) is 5.43. The summed E-state index contributed by atoms with van der Waals surface area (Å²) in [5.74, 6) is -3.35. The number of carbonyl (C=O) groups excluding carboxylic acids is 1. The summed E-state index contributed by atoms with van der Waals surface area (Å²) in [6.45, 7) is -0.384. The summed E-state index contributed by atoms with van der Waals surface area (Å²) in [7, 11) is -2.73. The highest BCUT2D eigenvalue weighted by atomic mass is 35.5. The number of amides is 1. The predicted molar refractivity (Wildman–Crippen MR) is 119 cm³/mol. The lowest BCUT2D eigenvalue weighted by atomic mass is 10.00. The second kappa shape index (κ2) is 9.27. The van der Waals surface area contributed by atoms with Crippen LogP contribution in [0.3, 0.4) is 0 Å². The van der Waals surface area contributed by atoms with Crippen molar-refractivity contribution in [2.24, 2.45) is 15.1 Å². The lowest BCUT2D eigenvalue weighted by Crippen LogP contribution is -2.55. The standard InChI is InChI=1S/C19H17ClF4N8O2S/c1-18(9-35(34,27-2)32(17(26)31-18)8-19(22,23)24)15-12(21)3-4-13(29-15)30-16(33)14-11(20)5-10(6-25)7-28-14/h3-5,7H,8-9H2,1-2H3,(H2,26,31)(H,29,30,33)/t18-,35?/m0/s1. The lowest BCUT2D eigenvalue weighted by molar-refractivity contribution is -0.130. The minimum absolute atomic E-state index is 0.116. The molecule has 2 aromatic rings. The molecule has 0 aromatic carbocycles. The topological polar surface area (TPSA) is 150 Å². The van der Waals surface area contributed by atoms with Crippen molar-refractivity contribution in [2.75, 3.05) is 24.7 Å². The SMILES string of the molecule is CN=S1(=O)C[C@@](C)(c2nc(NC(=O)c3ncc(C#N)cc3Cl)ccc2F)N=C(N)N1CC(F)(F)F. The van der Waals surface area contributed by atoms with E-state index < -0.39 is 57.3 Å². The Labute approximate surface area is 202 Å². The van der Waals surface area contributed by atoms with Crippen molar-refractivity contribution in [3.63, 3.8) is 0 Å². The lowest BCUT2D eigenvalue weighted by Gasteiger charge is -2.38. The number of anilines is 1. The second-order valence-corrected chi connectivity index (χ2v) is 10.2. The van der Waals surface area contributed by atoms with Crippen LogP contribution < -0.4 is 11.1 Å². The minimum atomic E-state index is -4.75. The van der Waals surface area contributed by atoms with Gasteiger partial charge in [0.1, 0.15) is 51.1 Å². The van der Waals surface area contributed by atoms with Gasteiger partial charge >= 0.3 is 6.18 Å². The zero-order chi connectivity index (χ0) is 26.2. The molecule has 2 aromatic heterocycles. The van der Waals surface area contributed by atoms with Gasteiger partial charge in [0.25, 0.3) is 5.91 Å². The number of halogens is 5. The van der Waals surface area contributed by atoms with Crippen LogP contribution in [0.15, 0.2) is 33.8 Å². The van der Waals surface area contributed by atoms with Crippen molar-refractivity contribution in [1.82, 2.24) is 14.3 Å². The van der Waals surface area contributed by atoms with Crippen molar-refractivity contribution >= 4 is 39.2 Å². The Balaban J connectivity index is 2.00. The number of aliphatic imine (C=N–C) groups is 1. The molecule has 1 amide bonds. The van der Waals surface area contributed by atoms with E-state index in [2.05, 4.69) is 24.6 Å². The average Bonchev–Trinajstić information content (AvgIpc) is 2.76. The molecule has 3 heterocycles. The molecular formula is C19H17ClF4N8O2S. The van der Waals surface area contributed by atoms with Crippen LogP contribution >= 0.6 is 11.6 Å². The fourth-order valence-electron chi connectivity index (χ4n) is 3.29. The Kier molecular flexibility index (Phi) is 6.91. The number of nitrogens with zero attached hydrogens (tertiary/aromatic N) is 6. The molecule has 0 aliphatic carbocycles. The molecule has 2 atom stereocenters. The van der Waals surface area contributed by atoms with E-state index in [1.165, 1.54) is 13.0 Å². The van der Waals surface area contributed by atoms with Crippen molar-refractivity contribution < 1.29 is 26.6 Å². The van der Waals surface area contributed by atoms with E-state index in [-0.39, 0.29) is 22.1 Å². The highest BCUT2D eigenvalue weighted by molar-refractivity contribution is 7.92. The fraction of sp³-hybridized carbons (Fsp3) is 0.316. The Bertz CT molecular complexity index is 1380. The van der Waals surface area contributed by atoms with E-state index >= 15 is 0 Å². The van der Waals surface area contributed by atoms with Gasteiger partial charge in [-0.3, -0.25) is 4.79 Å². The maximum atomic E-state index is 14.8. The number of guanidine groups is 1. The van der Waals surface area contributed by atoms with Crippen molar-refractivity contribution in [3.8, 4) is 6.07 Å². The number of alkyl halides is 3. The summed E-state index contributed by atoms with van der Waals surface area (Å²) < 4.78 is 71.0. The molecule has 1 unspecified atom stereocenters. The number of aromatic nitrogens is 2. The van der Waals surface area contributed by atoms with Gasteiger partial charge in [-0.2, -0.15) is 18.4 Å². The van der Waals surface area contributed by atoms with E-state index in [0.29, 0.717) is 4.31 Å². The fourth-order valence-corrected chi connectivity index (χ4v) is 5.64. The van der Waals surface area contributed by atoms with Gasteiger partial charge in [-0.25, -0.2) is 32.2 Å². The highest BCUT2D eigenvalue weighted by Gasteiger charge is 2.46. The Morgan fingerprint density at radius 2 is 2.14 bits per heavy atom. The maximum Gasteiger partial charge on any atom is 0.407 e. The molecule has 3 rings (SSSR count). The minimum Gasteiger partial charge on any atom is -0.369 e. The number of pyridine rings is 2. The summed E-state index contributed by atoms with van der Waals surface area (Å²) in [6, 6.07) is 5.10. The molecule has 0 bridgehead atoms. The molecule has 35 heavy (non-hydrogen) atoms. The predicted octanol–water partition coefficient (Wildman–Crippen LogP) is 2.81. The molecule has 186 valence electrons. The van der Waals surface area contributed by atoms with Gasteiger partial charge in [0.05, 0.1) is 16.3 Å². The monoisotopic (exact) mass is 532 g/mol. The number of nitrogens with one attached hydrogen (secondary N) is 1. The number of hydrogen-bond donors (Lipinski definition) is 2. The molecule has 10 nitrogen and oxygen atoms in total. The van der Waals surface area contributed by atoms with Gasteiger partial charge in [-0.05, 0) is 25.1 Å². The maximum absolute atomic E-state index is 14.8. The molecule has 1 aliphatic heterocycles. The van der Waals surface area contributed by atoms with Crippen LogP contribution in [0.1, 0.15) is 28.7 Å². The molecule has 3 N–H and O–H groups in total. The van der Waals surface area contributed by atoms with E-state index in [4.69, 9.17) is 22.6 Å². The van der Waals surface area contributed by atoms with Crippen LogP contribution in [0.25, 0.3) is 0 Å². The van der Waals surface area contributed by atoms with Crippen molar-refractivity contribution in [3.05, 3.63) is 52.2 Å². The molecule has 0 radical (unpaired) electrons. The quantitative estimate of drug-likeness (QED) is 0.578. The molecule has 0 saturated heterocycles. The Hall–Kier alpha value is -3.51. The van der Waals surface area contributed by atoms with Crippen LogP contribution in [-0.4, -0.2) is 55.9 Å². The first-order chi connectivity index (χ1) is 16.2. The third-order valence-electron chi connectivity index (χ3n) is 4.82. The van der Waals surface area contributed by atoms with E-state index in [1.807, 2.05) is 6.07 Å². The zero-order valence-corrected chi connectivity index (χ0v) is 19.7. The first-order valence-electron chi connectivity index (χ1n) is 9.58. The molecule has 16 heteroatoms. The summed E-state index contributed by atoms with van der Waals surface area (Å²) in [5.41, 5.74) is 3.38. The number of rotatable bonds is 4. The third-order valence-corrected chi connectivity index (χ3v) is 7.62. The van der Waals surface area contributed by atoms with Gasteiger partial charge in [-0.15, -0.1) is 0 Å².